The number of rotatable bonds is 7. The normalized spacial score (nSPS) is 14.1. The van der Waals surface area contributed by atoms with E-state index in [1.54, 1.807) is 0 Å². The average molecular weight is 297 g/mol. The highest BCUT2D eigenvalue weighted by molar-refractivity contribution is 7.99. The Bertz CT molecular complexity index is 478. The zero-order valence-corrected chi connectivity index (χ0v) is 12.5. The molecule has 2 rings (SSSR count). The van der Waals surface area contributed by atoms with Gasteiger partial charge in [-0.1, -0.05) is 5.16 Å². The van der Waals surface area contributed by atoms with Gasteiger partial charge < -0.3 is 15.2 Å². The van der Waals surface area contributed by atoms with Crippen LogP contribution in [0.15, 0.2) is 4.52 Å². The van der Waals surface area contributed by atoms with Gasteiger partial charge in [-0.15, -0.1) is 11.8 Å². The van der Waals surface area contributed by atoms with Gasteiger partial charge in [0.15, 0.2) is 0 Å². The molecule has 2 N–H and O–H groups in total. The highest BCUT2D eigenvalue weighted by Gasteiger charge is 2.23. The number of aromatic nitrogens is 1. The maximum atomic E-state index is 11.6. The summed E-state index contributed by atoms with van der Waals surface area (Å²) in [5, 5.41) is 9.30. The first-order chi connectivity index (χ1) is 9.56. The summed E-state index contributed by atoms with van der Waals surface area (Å²) in [6, 6.07) is 0.327. The van der Waals surface area contributed by atoms with Crippen molar-refractivity contribution in [2.45, 2.75) is 38.5 Å². The largest absolute Gasteiger partial charge is 0.361 e. The standard InChI is InChI=1S/C13H19N3O3S/c1-8-11(9(2)19-16-8)6-20-7-13(18)14-5-12(17)15-10-3-4-10/h10H,3-7H2,1-2H3,(H,14,18)(H,15,17). The molecule has 0 saturated heterocycles. The summed E-state index contributed by atoms with van der Waals surface area (Å²) >= 11 is 1.48. The summed E-state index contributed by atoms with van der Waals surface area (Å²) in [7, 11) is 0. The van der Waals surface area contributed by atoms with E-state index in [1.165, 1.54) is 11.8 Å². The van der Waals surface area contributed by atoms with Crippen molar-refractivity contribution in [3.8, 4) is 0 Å². The van der Waals surface area contributed by atoms with Gasteiger partial charge in [-0.05, 0) is 26.7 Å². The zero-order valence-electron chi connectivity index (χ0n) is 11.7. The van der Waals surface area contributed by atoms with Crippen LogP contribution in [0.3, 0.4) is 0 Å². The number of hydrogen-bond acceptors (Lipinski definition) is 5. The Morgan fingerprint density at radius 1 is 1.35 bits per heavy atom. The van der Waals surface area contributed by atoms with Crippen molar-refractivity contribution in [3.63, 3.8) is 0 Å². The van der Waals surface area contributed by atoms with Crippen molar-refractivity contribution < 1.29 is 14.1 Å². The van der Waals surface area contributed by atoms with Crippen LogP contribution in [0.4, 0.5) is 0 Å². The van der Waals surface area contributed by atoms with Gasteiger partial charge in [0.25, 0.3) is 0 Å². The molecule has 1 aliphatic carbocycles. The maximum Gasteiger partial charge on any atom is 0.239 e. The Kier molecular flexibility index (Phi) is 5.05. The molecule has 1 aliphatic rings. The first-order valence-electron chi connectivity index (χ1n) is 6.62. The molecule has 0 atom stereocenters. The quantitative estimate of drug-likeness (QED) is 0.782. The molecule has 1 saturated carbocycles. The van der Waals surface area contributed by atoms with Gasteiger partial charge in [-0.2, -0.15) is 0 Å². The van der Waals surface area contributed by atoms with Gasteiger partial charge in [-0.3, -0.25) is 9.59 Å². The molecule has 1 aromatic rings. The molecule has 0 aliphatic heterocycles. The predicted molar refractivity (Wildman–Crippen MR) is 76.3 cm³/mol. The molecule has 110 valence electrons. The van der Waals surface area contributed by atoms with Crippen LogP contribution < -0.4 is 10.6 Å². The second kappa shape index (κ2) is 6.78. The summed E-state index contributed by atoms with van der Waals surface area (Å²) in [5.41, 5.74) is 1.90. The number of carbonyl (C=O) groups excluding carboxylic acids is 2. The number of carbonyl (C=O) groups is 2. The molecule has 0 spiro atoms. The van der Waals surface area contributed by atoms with Crippen LogP contribution in [0.25, 0.3) is 0 Å². The van der Waals surface area contributed by atoms with Crippen molar-refractivity contribution in [1.82, 2.24) is 15.8 Å². The van der Waals surface area contributed by atoms with E-state index in [9.17, 15) is 9.59 Å². The lowest BCUT2D eigenvalue weighted by atomic mass is 10.2. The van der Waals surface area contributed by atoms with Gasteiger partial charge in [0.05, 0.1) is 18.0 Å². The second-order valence-electron chi connectivity index (χ2n) is 4.91. The Labute approximate surface area is 122 Å². The average Bonchev–Trinajstić information content (AvgIpc) is 3.16. The zero-order chi connectivity index (χ0) is 14.5. The number of thioether (sulfide) groups is 1. The van der Waals surface area contributed by atoms with Gasteiger partial charge in [0.2, 0.25) is 11.8 Å². The fourth-order valence-corrected chi connectivity index (χ4v) is 2.70. The minimum atomic E-state index is -0.132. The van der Waals surface area contributed by atoms with E-state index in [0.717, 1.165) is 29.9 Å². The SMILES string of the molecule is Cc1noc(C)c1CSCC(=O)NCC(=O)NC1CC1. The topological polar surface area (TPSA) is 84.2 Å². The van der Waals surface area contributed by atoms with Crippen LogP contribution in [0.1, 0.15) is 29.9 Å². The predicted octanol–water partition coefficient (Wildman–Crippen LogP) is 0.919. The molecule has 1 heterocycles. The van der Waals surface area contributed by atoms with Crippen LogP contribution in [-0.2, 0) is 15.3 Å². The second-order valence-corrected chi connectivity index (χ2v) is 5.90. The molecule has 0 bridgehead atoms. The Balaban J connectivity index is 1.61. The summed E-state index contributed by atoms with van der Waals surface area (Å²) in [4.78, 5) is 23.0. The number of amides is 2. The van der Waals surface area contributed by atoms with Crippen LogP contribution in [0.2, 0.25) is 0 Å². The van der Waals surface area contributed by atoms with Crippen molar-refractivity contribution in [2.24, 2.45) is 0 Å². The molecule has 1 fully saturated rings. The maximum absolute atomic E-state index is 11.6. The van der Waals surface area contributed by atoms with Gasteiger partial charge in [0.1, 0.15) is 5.76 Å². The van der Waals surface area contributed by atoms with Crippen LogP contribution in [0, 0.1) is 13.8 Å². The minimum Gasteiger partial charge on any atom is -0.361 e. The summed E-state index contributed by atoms with van der Waals surface area (Å²) in [5.74, 6) is 1.55. The third kappa shape index (κ3) is 4.56. The van der Waals surface area contributed by atoms with E-state index in [1.807, 2.05) is 13.8 Å². The molecule has 0 aromatic carbocycles. The fourth-order valence-electron chi connectivity index (χ4n) is 1.69. The molecule has 0 unspecified atom stereocenters. The van der Waals surface area contributed by atoms with Crippen molar-refractivity contribution in [1.29, 1.82) is 0 Å². The molecular formula is C13H19N3O3S. The first-order valence-corrected chi connectivity index (χ1v) is 7.77. The van der Waals surface area contributed by atoms with E-state index in [2.05, 4.69) is 15.8 Å². The minimum absolute atomic E-state index is 0.0568. The van der Waals surface area contributed by atoms with E-state index in [-0.39, 0.29) is 18.4 Å². The van der Waals surface area contributed by atoms with Crippen LogP contribution >= 0.6 is 11.8 Å². The van der Waals surface area contributed by atoms with Crippen molar-refractivity contribution >= 4 is 23.6 Å². The van der Waals surface area contributed by atoms with E-state index >= 15 is 0 Å². The highest BCUT2D eigenvalue weighted by Crippen LogP contribution is 2.19. The lowest BCUT2D eigenvalue weighted by Crippen LogP contribution is -2.38. The number of nitrogens with zero attached hydrogens (tertiary/aromatic N) is 1. The van der Waals surface area contributed by atoms with Crippen molar-refractivity contribution in [2.75, 3.05) is 12.3 Å². The number of hydrogen-bond donors (Lipinski definition) is 2. The highest BCUT2D eigenvalue weighted by atomic mass is 32.2. The molecule has 0 radical (unpaired) electrons. The lowest BCUT2D eigenvalue weighted by molar-refractivity contribution is -0.124. The molecule has 7 heteroatoms. The van der Waals surface area contributed by atoms with Gasteiger partial charge >= 0.3 is 0 Å². The smallest absolute Gasteiger partial charge is 0.239 e. The first kappa shape index (κ1) is 14.9. The number of nitrogens with one attached hydrogen (secondary N) is 2. The number of aryl methyl sites for hydroxylation is 2. The van der Waals surface area contributed by atoms with Crippen LogP contribution in [-0.4, -0.2) is 35.3 Å². The molecular weight excluding hydrogens is 278 g/mol. The fraction of sp³-hybridized carbons (Fsp3) is 0.615. The van der Waals surface area contributed by atoms with Crippen molar-refractivity contribution in [3.05, 3.63) is 17.0 Å². The third-order valence-electron chi connectivity index (χ3n) is 3.05. The summed E-state index contributed by atoms with van der Waals surface area (Å²) < 4.78 is 5.06. The van der Waals surface area contributed by atoms with E-state index < -0.39 is 0 Å². The Morgan fingerprint density at radius 3 is 2.70 bits per heavy atom. The van der Waals surface area contributed by atoms with Crippen LogP contribution in [0.5, 0.6) is 0 Å². The van der Waals surface area contributed by atoms with Gasteiger partial charge in [0, 0.05) is 17.4 Å². The molecule has 6 nitrogen and oxygen atoms in total. The molecule has 20 heavy (non-hydrogen) atoms. The van der Waals surface area contributed by atoms with E-state index in [4.69, 9.17) is 4.52 Å². The Morgan fingerprint density at radius 2 is 2.10 bits per heavy atom. The van der Waals surface area contributed by atoms with E-state index in [0.29, 0.717) is 17.5 Å². The summed E-state index contributed by atoms with van der Waals surface area (Å²) in [6.07, 6.45) is 2.10. The van der Waals surface area contributed by atoms with Gasteiger partial charge in [-0.25, -0.2) is 0 Å². The Hall–Kier alpha value is -1.50. The molecule has 2 amide bonds. The monoisotopic (exact) mass is 297 g/mol. The lowest BCUT2D eigenvalue weighted by Gasteiger charge is -2.05. The molecule has 1 aromatic heterocycles. The summed E-state index contributed by atoms with van der Waals surface area (Å²) in [6.45, 7) is 3.80. The third-order valence-corrected chi connectivity index (χ3v) is 4.01.